The minimum Gasteiger partial charge on any atom is -0.282 e. The van der Waals surface area contributed by atoms with Crippen LogP contribution in [0.25, 0.3) is 0 Å². The van der Waals surface area contributed by atoms with Crippen molar-refractivity contribution in [3.63, 3.8) is 0 Å². The summed E-state index contributed by atoms with van der Waals surface area (Å²) in [6, 6.07) is 0. The lowest BCUT2D eigenvalue weighted by Crippen LogP contribution is -1.74. The molecule has 0 atom stereocenters. The van der Waals surface area contributed by atoms with Crippen molar-refractivity contribution in [2.75, 3.05) is 5.88 Å². The first-order chi connectivity index (χ1) is 3.00. The fraction of sp³-hybridized carbons (Fsp3) is 0.250. The second-order valence-corrected chi connectivity index (χ2v) is 1.67. The molecule has 1 aliphatic rings. The van der Waals surface area contributed by atoms with Gasteiger partial charge in [0.05, 0.1) is 5.88 Å². The summed E-state index contributed by atoms with van der Waals surface area (Å²) in [5.41, 5.74) is 0. The molecule has 0 N–H and O–H groups in total. The summed E-state index contributed by atoms with van der Waals surface area (Å²) >= 11 is 1.59. The van der Waals surface area contributed by atoms with E-state index in [0.29, 0.717) is 0 Å². The first-order valence-electron chi connectivity index (χ1n) is 1.69. The van der Waals surface area contributed by atoms with E-state index in [2.05, 4.69) is 10.4 Å². The van der Waals surface area contributed by atoms with E-state index in [9.17, 15) is 0 Å². The summed E-state index contributed by atoms with van der Waals surface area (Å²) in [5, 5.41) is 2.93. The standard InChI is InChI=1S/C4H4NS/c1-2-5-4-6-3-1/h1-2H,4H2. The molecule has 0 unspecified atom stereocenters. The normalized spacial score (nSPS) is 18.7. The summed E-state index contributed by atoms with van der Waals surface area (Å²) < 4.78 is 0. The van der Waals surface area contributed by atoms with Gasteiger partial charge in [-0.15, -0.1) is 11.8 Å². The number of allylic oxidation sites excluding steroid dienone is 1. The molecule has 0 saturated heterocycles. The van der Waals surface area contributed by atoms with Crippen LogP contribution in [0.2, 0.25) is 0 Å². The number of hydrogen-bond donors (Lipinski definition) is 0. The molecule has 1 aliphatic heterocycles. The van der Waals surface area contributed by atoms with Crippen LogP contribution in [-0.2, 0) is 0 Å². The molecule has 1 heterocycles. The third-order valence-electron chi connectivity index (χ3n) is 0.470. The maximum Gasteiger partial charge on any atom is 0.0890 e. The summed E-state index contributed by atoms with van der Waals surface area (Å²) in [4.78, 5) is 3.90. The maximum absolute atomic E-state index is 3.90. The van der Waals surface area contributed by atoms with Crippen LogP contribution in [0.3, 0.4) is 0 Å². The van der Waals surface area contributed by atoms with Gasteiger partial charge in [0.25, 0.3) is 0 Å². The maximum atomic E-state index is 3.90. The molecule has 0 aromatic heterocycles. The van der Waals surface area contributed by atoms with Crippen molar-refractivity contribution in [2.24, 2.45) is 4.99 Å². The number of rotatable bonds is 0. The Morgan fingerprint density at radius 2 is 2.83 bits per heavy atom. The average molecular weight is 98.2 g/mol. The van der Waals surface area contributed by atoms with Gasteiger partial charge in [0.1, 0.15) is 0 Å². The third-order valence-corrected chi connectivity index (χ3v) is 1.05. The number of aliphatic imine (C=N–C) groups is 1. The van der Waals surface area contributed by atoms with E-state index < -0.39 is 0 Å². The van der Waals surface area contributed by atoms with E-state index in [0.717, 1.165) is 5.88 Å². The molecule has 0 fully saturated rings. The van der Waals surface area contributed by atoms with Crippen molar-refractivity contribution in [3.05, 3.63) is 11.5 Å². The van der Waals surface area contributed by atoms with Crippen LogP contribution in [-0.4, -0.2) is 12.1 Å². The van der Waals surface area contributed by atoms with Crippen molar-refractivity contribution >= 4 is 18.0 Å². The Balaban J connectivity index is 2.46. The van der Waals surface area contributed by atoms with Gasteiger partial charge in [0.2, 0.25) is 0 Å². The Bertz CT molecular complexity index is 73.5. The minimum absolute atomic E-state index is 0.844. The van der Waals surface area contributed by atoms with E-state index in [-0.39, 0.29) is 0 Å². The molecule has 0 saturated carbocycles. The van der Waals surface area contributed by atoms with E-state index in [1.807, 2.05) is 6.08 Å². The zero-order chi connectivity index (χ0) is 4.24. The highest BCUT2D eigenvalue weighted by atomic mass is 32.2. The van der Waals surface area contributed by atoms with Gasteiger partial charge in [-0.1, -0.05) is 0 Å². The molecule has 6 heavy (non-hydrogen) atoms. The second kappa shape index (κ2) is 2.03. The Kier molecular flexibility index (Phi) is 1.33. The van der Waals surface area contributed by atoms with Crippen LogP contribution < -0.4 is 0 Å². The van der Waals surface area contributed by atoms with E-state index >= 15 is 0 Å². The lowest BCUT2D eigenvalue weighted by Gasteiger charge is -1.87. The van der Waals surface area contributed by atoms with E-state index in [1.165, 1.54) is 0 Å². The van der Waals surface area contributed by atoms with Crippen LogP contribution in [0.15, 0.2) is 11.1 Å². The topological polar surface area (TPSA) is 12.4 Å². The highest BCUT2D eigenvalue weighted by Crippen LogP contribution is 2.01. The van der Waals surface area contributed by atoms with Gasteiger partial charge >= 0.3 is 0 Å². The SMILES string of the molecule is [C]1=CC=NCS1. The van der Waals surface area contributed by atoms with Gasteiger partial charge in [0, 0.05) is 11.6 Å². The van der Waals surface area contributed by atoms with Gasteiger partial charge in [0.15, 0.2) is 0 Å². The first kappa shape index (κ1) is 3.93. The van der Waals surface area contributed by atoms with Crippen molar-refractivity contribution in [1.29, 1.82) is 0 Å². The van der Waals surface area contributed by atoms with Crippen molar-refractivity contribution in [1.82, 2.24) is 0 Å². The molecule has 0 aromatic rings. The largest absolute Gasteiger partial charge is 0.282 e. The number of thioether (sulfide) groups is 1. The summed E-state index contributed by atoms with van der Waals surface area (Å²) in [6.45, 7) is 0. The molecule has 0 amide bonds. The predicted octanol–water partition coefficient (Wildman–Crippen LogP) is 1.08. The Hall–Kier alpha value is -0.240. The Morgan fingerprint density at radius 3 is 3.00 bits per heavy atom. The van der Waals surface area contributed by atoms with Crippen LogP contribution in [0.1, 0.15) is 0 Å². The summed E-state index contributed by atoms with van der Waals surface area (Å²) in [6.07, 6.45) is 3.57. The second-order valence-electron chi connectivity index (χ2n) is 0.890. The zero-order valence-electron chi connectivity index (χ0n) is 3.22. The summed E-state index contributed by atoms with van der Waals surface area (Å²) in [5.74, 6) is 0.844. The van der Waals surface area contributed by atoms with Gasteiger partial charge in [-0.2, -0.15) is 0 Å². The van der Waals surface area contributed by atoms with Gasteiger partial charge in [-0.3, -0.25) is 4.99 Å². The monoisotopic (exact) mass is 98.0 g/mol. The molecule has 0 spiro atoms. The molecule has 1 nitrogen and oxygen atoms in total. The molecule has 0 aromatic carbocycles. The molecular weight excluding hydrogens is 94.1 g/mol. The highest BCUT2D eigenvalue weighted by molar-refractivity contribution is 8.00. The van der Waals surface area contributed by atoms with Crippen LogP contribution in [0, 0.1) is 5.41 Å². The van der Waals surface area contributed by atoms with Gasteiger partial charge in [-0.25, -0.2) is 0 Å². The van der Waals surface area contributed by atoms with Gasteiger partial charge < -0.3 is 0 Å². The van der Waals surface area contributed by atoms with Crippen LogP contribution in [0.4, 0.5) is 0 Å². The molecule has 1 radical (unpaired) electrons. The quantitative estimate of drug-likeness (QED) is 0.441. The zero-order valence-corrected chi connectivity index (χ0v) is 4.03. The summed E-state index contributed by atoms with van der Waals surface area (Å²) in [7, 11) is 0. The molecule has 0 bridgehead atoms. The fourth-order valence-corrected chi connectivity index (χ4v) is 0.641. The molecule has 2 heteroatoms. The Labute approximate surface area is 41.2 Å². The Morgan fingerprint density at radius 1 is 1.83 bits per heavy atom. The first-order valence-corrected chi connectivity index (χ1v) is 2.67. The molecule has 0 aliphatic carbocycles. The van der Waals surface area contributed by atoms with Gasteiger partial charge in [-0.05, 0) is 6.08 Å². The molecule has 1 rings (SSSR count). The molecule has 31 valence electrons. The smallest absolute Gasteiger partial charge is 0.0890 e. The fourth-order valence-electron chi connectivity index (χ4n) is 0.249. The van der Waals surface area contributed by atoms with E-state index in [4.69, 9.17) is 0 Å². The minimum atomic E-state index is 0.844. The highest BCUT2D eigenvalue weighted by Gasteiger charge is 1.79. The third kappa shape index (κ3) is 0.863. The number of hydrogen-bond acceptors (Lipinski definition) is 2. The lowest BCUT2D eigenvalue weighted by atomic mass is 10.7. The van der Waals surface area contributed by atoms with E-state index in [1.54, 1.807) is 18.0 Å². The van der Waals surface area contributed by atoms with Crippen molar-refractivity contribution in [2.45, 2.75) is 0 Å². The number of nitrogens with zero attached hydrogens (tertiary/aromatic N) is 1. The van der Waals surface area contributed by atoms with Crippen LogP contribution in [0.5, 0.6) is 0 Å². The van der Waals surface area contributed by atoms with Crippen molar-refractivity contribution in [3.8, 4) is 0 Å². The predicted molar refractivity (Wildman–Crippen MR) is 28.8 cm³/mol. The van der Waals surface area contributed by atoms with Crippen LogP contribution >= 0.6 is 11.8 Å². The van der Waals surface area contributed by atoms with Crippen molar-refractivity contribution < 1.29 is 0 Å². The lowest BCUT2D eigenvalue weighted by molar-refractivity contribution is 1.40. The molecular formula is C4H4NS. The average Bonchev–Trinajstić information content (AvgIpc) is 1.72.